The molecule has 1 saturated heterocycles. The van der Waals surface area contributed by atoms with Crippen molar-refractivity contribution >= 4 is 5.91 Å². The van der Waals surface area contributed by atoms with Crippen molar-refractivity contribution < 1.29 is 9.32 Å². The first-order valence-corrected chi connectivity index (χ1v) is 7.88. The number of aryl methyl sites for hydroxylation is 2. The summed E-state index contributed by atoms with van der Waals surface area (Å²) in [6.45, 7) is 3.20. The summed E-state index contributed by atoms with van der Waals surface area (Å²) in [5, 5.41) is 11.3. The fourth-order valence-corrected chi connectivity index (χ4v) is 3.50. The quantitative estimate of drug-likeness (QED) is 0.910. The minimum atomic E-state index is 0.0318. The van der Waals surface area contributed by atoms with Crippen molar-refractivity contribution in [3.05, 3.63) is 28.7 Å². The normalized spacial score (nSPS) is 21.1. The number of H-pyrrole nitrogens is 1. The van der Waals surface area contributed by atoms with Crippen molar-refractivity contribution in [1.82, 2.24) is 25.2 Å². The van der Waals surface area contributed by atoms with Crippen molar-refractivity contribution in [2.75, 3.05) is 13.1 Å². The van der Waals surface area contributed by atoms with E-state index < -0.39 is 0 Å². The molecule has 7 heteroatoms. The largest absolute Gasteiger partial charge is 0.340 e. The highest BCUT2D eigenvalue weighted by molar-refractivity contribution is 5.94. The van der Waals surface area contributed by atoms with Crippen LogP contribution in [-0.4, -0.2) is 44.2 Å². The minimum absolute atomic E-state index is 0.0318. The van der Waals surface area contributed by atoms with Gasteiger partial charge in [-0.1, -0.05) is 5.16 Å². The molecule has 22 heavy (non-hydrogen) atoms. The molecule has 0 radical (unpaired) electrons. The van der Waals surface area contributed by atoms with E-state index in [0.29, 0.717) is 24.0 Å². The summed E-state index contributed by atoms with van der Waals surface area (Å²) in [5.74, 6) is 1.47. The van der Waals surface area contributed by atoms with E-state index in [0.717, 1.165) is 49.9 Å². The summed E-state index contributed by atoms with van der Waals surface area (Å²) in [6.07, 6.45) is 5.00. The van der Waals surface area contributed by atoms with Crippen LogP contribution in [0.4, 0.5) is 0 Å². The van der Waals surface area contributed by atoms with Crippen LogP contribution in [0.2, 0.25) is 0 Å². The van der Waals surface area contributed by atoms with Crippen molar-refractivity contribution in [3.63, 3.8) is 0 Å². The Morgan fingerprint density at radius 1 is 1.36 bits per heavy atom. The minimum Gasteiger partial charge on any atom is -0.340 e. The van der Waals surface area contributed by atoms with Crippen LogP contribution in [0.1, 0.15) is 58.6 Å². The van der Waals surface area contributed by atoms with Crippen molar-refractivity contribution in [2.45, 2.75) is 44.9 Å². The molecule has 2 aromatic heterocycles. The third kappa shape index (κ3) is 2.20. The van der Waals surface area contributed by atoms with Gasteiger partial charge in [0.2, 0.25) is 5.89 Å². The molecule has 0 spiro atoms. The lowest BCUT2D eigenvalue weighted by Gasteiger charge is -2.31. The maximum atomic E-state index is 12.8. The van der Waals surface area contributed by atoms with Crippen LogP contribution >= 0.6 is 0 Å². The first-order valence-electron chi connectivity index (χ1n) is 7.88. The number of hydrogen-bond acceptors (Lipinski definition) is 5. The molecule has 1 aliphatic carbocycles. The summed E-state index contributed by atoms with van der Waals surface area (Å²) >= 11 is 0. The lowest BCUT2D eigenvalue weighted by atomic mass is 9.97. The number of fused-ring (bicyclic) bond motifs is 1. The van der Waals surface area contributed by atoms with Gasteiger partial charge in [-0.3, -0.25) is 9.89 Å². The number of amides is 1. The topological polar surface area (TPSA) is 87.9 Å². The second-order valence-corrected chi connectivity index (χ2v) is 6.14. The number of rotatable bonds is 2. The highest BCUT2D eigenvalue weighted by Crippen LogP contribution is 2.28. The van der Waals surface area contributed by atoms with E-state index in [2.05, 4.69) is 20.3 Å². The average molecular weight is 301 g/mol. The molecule has 1 fully saturated rings. The number of nitrogens with one attached hydrogen (secondary N) is 1. The molecule has 116 valence electrons. The van der Waals surface area contributed by atoms with Gasteiger partial charge in [0.15, 0.2) is 11.5 Å². The third-order valence-corrected chi connectivity index (χ3v) is 4.63. The van der Waals surface area contributed by atoms with Crippen LogP contribution < -0.4 is 0 Å². The predicted molar refractivity (Wildman–Crippen MR) is 77.5 cm³/mol. The van der Waals surface area contributed by atoms with E-state index in [9.17, 15) is 4.79 Å². The zero-order valence-corrected chi connectivity index (χ0v) is 12.6. The van der Waals surface area contributed by atoms with Crippen molar-refractivity contribution in [3.8, 4) is 0 Å². The van der Waals surface area contributed by atoms with Gasteiger partial charge in [-0.2, -0.15) is 10.1 Å². The van der Waals surface area contributed by atoms with Gasteiger partial charge < -0.3 is 9.42 Å². The molecule has 1 unspecified atom stereocenters. The van der Waals surface area contributed by atoms with Gasteiger partial charge in [0.1, 0.15) is 0 Å². The molecule has 1 amide bonds. The SMILES string of the molecule is Cc1nc(C2CCCN(C(=O)c3n[nH]c4c3CCC4)C2)no1. The molecule has 3 heterocycles. The Morgan fingerprint density at radius 2 is 2.27 bits per heavy atom. The number of nitrogens with zero attached hydrogens (tertiary/aromatic N) is 4. The molecule has 2 aromatic rings. The summed E-state index contributed by atoms with van der Waals surface area (Å²) in [7, 11) is 0. The fraction of sp³-hybridized carbons (Fsp3) is 0.600. The number of hydrogen-bond donors (Lipinski definition) is 1. The molecule has 4 rings (SSSR count). The Labute approximate surface area is 128 Å². The summed E-state index contributed by atoms with van der Waals surface area (Å²) < 4.78 is 5.06. The van der Waals surface area contributed by atoms with Gasteiger partial charge in [0.25, 0.3) is 5.91 Å². The molecular formula is C15H19N5O2. The van der Waals surface area contributed by atoms with Gasteiger partial charge in [0.05, 0.1) is 0 Å². The summed E-state index contributed by atoms with van der Waals surface area (Å²) in [5.41, 5.74) is 2.85. The Hall–Kier alpha value is -2.18. The van der Waals surface area contributed by atoms with Crippen LogP contribution in [0, 0.1) is 6.92 Å². The number of aromatic amines is 1. The first kappa shape index (κ1) is 13.5. The predicted octanol–water partition coefficient (Wildman–Crippen LogP) is 1.61. The zero-order chi connectivity index (χ0) is 15.1. The van der Waals surface area contributed by atoms with Crippen LogP contribution in [0.15, 0.2) is 4.52 Å². The molecule has 0 saturated carbocycles. The molecular weight excluding hydrogens is 282 g/mol. The lowest BCUT2D eigenvalue weighted by Crippen LogP contribution is -2.39. The first-order chi connectivity index (χ1) is 10.7. The molecule has 1 aliphatic heterocycles. The van der Waals surface area contributed by atoms with E-state index in [4.69, 9.17) is 4.52 Å². The maximum absolute atomic E-state index is 12.8. The Balaban J connectivity index is 1.53. The van der Waals surface area contributed by atoms with Crippen LogP contribution in [-0.2, 0) is 12.8 Å². The average Bonchev–Trinajstić information content (AvgIpc) is 3.22. The molecule has 0 bridgehead atoms. The lowest BCUT2D eigenvalue weighted by molar-refractivity contribution is 0.0696. The number of likely N-dealkylation sites (tertiary alicyclic amines) is 1. The third-order valence-electron chi connectivity index (χ3n) is 4.63. The number of carbonyl (C=O) groups excluding carboxylic acids is 1. The highest BCUT2D eigenvalue weighted by Gasteiger charge is 2.31. The van der Waals surface area contributed by atoms with Crippen molar-refractivity contribution in [2.24, 2.45) is 0 Å². The molecule has 0 aromatic carbocycles. The van der Waals surface area contributed by atoms with Crippen LogP contribution in [0.3, 0.4) is 0 Å². The van der Waals surface area contributed by atoms with Gasteiger partial charge >= 0.3 is 0 Å². The maximum Gasteiger partial charge on any atom is 0.274 e. The van der Waals surface area contributed by atoms with E-state index in [1.807, 2.05) is 4.90 Å². The number of piperidine rings is 1. The van der Waals surface area contributed by atoms with E-state index >= 15 is 0 Å². The van der Waals surface area contributed by atoms with E-state index in [-0.39, 0.29) is 11.8 Å². The molecule has 1 N–H and O–H groups in total. The fourth-order valence-electron chi connectivity index (χ4n) is 3.50. The van der Waals surface area contributed by atoms with E-state index in [1.165, 1.54) is 0 Å². The zero-order valence-electron chi connectivity index (χ0n) is 12.6. The smallest absolute Gasteiger partial charge is 0.274 e. The van der Waals surface area contributed by atoms with Crippen LogP contribution in [0.5, 0.6) is 0 Å². The molecule has 2 aliphatic rings. The molecule has 7 nitrogen and oxygen atoms in total. The molecule has 1 atom stereocenters. The van der Waals surface area contributed by atoms with Gasteiger partial charge in [0, 0.05) is 37.2 Å². The Kier molecular flexibility index (Phi) is 3.20. The summed E-state index contributed by atoms with van der Waals surface area (Å²) in [6, 6.07) is 0. The second kappa shape index (κ2) is 5.23. The Morgan fingerprint density at radius 3 is 3.09 bits per heavy atom. The van der Waals surface area contributed by atoms with E-state index in [1.54, 1.807) is 6.92 Å². The number of aromatic nitrogens is 4. The number of carbonyl (C=O) groups is 1. The monoisotopic (exact) mass is 301 g/mol. The van der Waals surface area contributed by atoms with Crippen LogP contribution in [0.25, 0.3) is 0 Å². The summed E-state index contributed by atoms with van der Waals surface area (Å²) in [4.78, 5) is 19.0. The van der Waals surface area contributed by atoms with Crippen molar-refractivity contribution in [1.29, 1.82) is 0 Å². The van der Waals surface area contributed by atoms with Gasteiger partial charge in [-0.15, -0.1) is 0 Å². The highest BCUT2D eigenvalue weighted by atomic mass is 16.5. The standard InChI is InChI=1S/C15H19N5O2/c1-9-16-14(19-22-9)10-4-3-7-20(8-10)15(21)13-11-5-2-6-12(11)17-18-13/h10H,2-8H2,1H3,(H,17,18). The Bertz CT molecular complexity index is 705. The van der Waals surface area contributed by atoms with Gasteiger partial charge in [-0.25, -0.2) is 0 Å². The van der Waals surface area contributed by atoms with Gasteiger partial charge in [-0.05, 0) is 32.1 Å². The second-order valence-electron chi connectivity index (χ2n) is 6.14.